The van der Waals surface area contributed by atoms with Crippen LogP contribution in [-0.2, 0) is 4.79 Å². The van der Waals surface area contributed by atoms with Gasteiger partial charge >= 0.3 is 0 Å². The minimum atomic E-state index is -0.304. The maximum Gasteiger partial charge on any atom is 0.249 e. The molecule has 5 nitrogen and oxygen atoms in total. The third kappa shape index (κ3) is 3.63. The first-order valence-corrected chi connectivity index (χ1v) is 8.58. The summed E-state index contributed by atoms with van der Waals surface area (Å²) in [6.07, 6.45) is 5.44. The Balaban J connectivity index is 1.71. The van der Waals surface area contributed by atoms with E-state index in [1.54, 1.807) is 12.1 Å². The minimum Gasteiger partial charge on any atom is -0.337 e. The zero-order chi connectivity index (χ0) is 16.9. The van der Waals surface area contributed by atoms with Crippen LogP contribution in [0.1, 0.15) is 57.4 Å². The van der Waals surface area contributed by atoms with E-state index in [9.17, 15) is 9.18 Å². The molecular weight excluding hydrogens is 309 g/mol. The fraction of sp³-hybridized carbons (Fsp3) is 0.500. The number of benzene rings is 1. The highest BCUT2D eigenvalue weighted by Gasteiger charge is 2.33. The second-order valence-electron chi connectivity index (χ2n) is 6.17. The summed E-state index contributed by atoms with van der Waals surface area (Å²) in [6, 6.07) is 5.83. The maximum atomic E-state index is 13.0. The monoisotopic (exact) mass is 331 g/mol. The maximum absolute atomic E-state index is 13.0. The SMILES string of the molecule is CCCCCC(=O)N1CCC[C@H]1c1nc(-c2ccc(F)cc2)no1. The predicted octanol–water partition coefficient (Wildman–Crippen LogP) is 4.12. The van der Waals surface area contributed by atoms with Gasteiger partial charge in [-0.15, -0.1) is 0 Å². The summed E-state index contributed by atoms with van der Waals surface area (Å²) in [5.41, 5.74) is 0.699. The number of amides is 1. The van der Waals surface area contributed by atoms with Crippen molar-refractivity contribution in [2.24, 2.45) is 0 Å². The number of aromatic nitrogens is 2. The van der Waals surface area contributed by atoms with Crippen LogP contribution in [0.25, 0.3) is 11.4 Å². The van der Waals surface area contributed by atoms with Gasteiger partial charge in [0, 0.05) is 18.5 Å². The smallest absolute Gasteiger partial charge is 0.249 e. The summed E-state index contributed by atoms with van der Waals surface area (Å²) in [4.78, 5) is 18.7. The zero-order valence-electron chi connectivity index (χ0n) is 13.9. The molecule has 0 unspecified atom stereocenters. The Hall–Kier alpha value is -2.24. The van der Waals surface area contributed by atoms with E-state index in [4.69, 9.17) is 4.52 Å². The third-order valence-corrected chi connectivity index (χ3v) is 4.40. The molecule has 1 aliphatic heterocycles. The van der Waals surface area contributed by atoms with Gasteiger partial charge in [0.15, 0.2) is 0 Å². The van der Waals surface area contributed by atoms with Gasteiger partial charge in [-0.3, -0.25) is 4.79 Å². The molecule has 2 heterocycles. The lowest BCUT2D eigenvalue weighted by Crippen LogP contribution is -2.30. The fourth-order valence-corrected chi connectivity index (χ4v) is 3.08. The molecule has 1 fully saturated rings. The molecule has 128 valence electrons. The van der Waals surface area contributed by atoms with Gasteiger partial charge < -0.3 is 9.42 Å². The van der Waals surface area contributed by atoms with Crippen molar-refractivity contribution in [2.45, 2.75) is 51.5 Å². The predicted molar refractivity (Wildman–Crippen MR) is 87.5 cm³/mol. The summed E-state index contributed by atoms with van der Waals surface area (Å²) in [5, 5.41) is 3.98. The van der Waals surface area contributed by atoms with Gasteiger partial charge in [0.05, 0.1) is 0 Å². The van der Waals surface area contributed by atoms with Crippen LogP contribution in [0.3, 0.4) is 0 Å². The van der Waals surface area contributed by atoms with E-state index in [1.807, 2.05) is 4.90 Å². The van der Waals surface area contributed by atoms with Crippen LogP contribution in [0.4, 0.5) is 4.39 Å². The molecule has 0 spiro atoms. The Kier molecular flexibility index (Phi) is 5.23. The van der Waals surface area contributed by atoms with Gasteiger partial charge in [0.1, 0.15) is 11.9 Å². The van der Waals surface area contributed by atoms with E-state index in [0.29, 0.717) is 23.7 Å². The first-order chi connectivity index (χ1) is 11.7. The van der Waals surface area contributed by atoms with E-state index in [1.165, 1.54) is 12.1 Å². The largest absolute Gasteiger partial charge is 0.337 e. The van der Waals surface area contributed by atoms with Gasteiger partial charge in [-0.25, -0.2) is 4.39 Å². The Morgan fingerprint density at radius 1 is 1.33 bits per heavy atom. The molecule has 0 aliphatic carbocycles. The number of unbranched alkanes of at least 4 members (excludes halogenated alkanes) is 2. The van der Waals surface area contributed by atoms with Crippen LogP contribution in [-0.4, -0.2) is 27.5 Å². The lowest BCUT2D eigenvalue weighted by Gasteiger charge is -2.21. The molecule has 1 aromatic heterocycles. The van der Waals surface area contributed by atoms with Crippen molar-refractivity contribution in [1.29, 1.82) is 0 Å². The molecule has 2 aromatic rings. The Labute approximate surface area is 140 Å². The highest BCUT2D eigenvalue weighted by molar-refractivity contribution is 5.76. The van der Waals surface area contributed by atoms with Crippen LogP contribution in [0.15, 0.2) is 28.8 Å². The quantitative estimate of drug-likeness (QED) is 0.747. The van der Waals surface area contributed by atoms with Crippen molar-refractivity contribution in [2.75, 3.05) is 6.54 Å². The topological polar surface area (TPSA) is 59.2 Å². The van der Waals surface area contributed by atoms with Crippen LogP contribution in [0.2, 0.25) is 0 Å². The standard InChI is InChI=1S/C18H22FN3O2/c1-2-3-4-7-16(23)22-12-5-6-15(22)18-20-17(21-24-18)13-8-10-14(19)11-9-13/h8-11,15H,2-7,12H2,1H3/t15-/m0/s1. The highest BCUT2D eigenvalue weighted by Crippen LogP contribution is 2.32. The number of hydrogen-bond acceptors (Lipinski definition) is 4. The van der Waals surface area contributed by atoms with Crippen molar-refractivity contribution >= 4 is 5.91 Å². The molecule has 0 N–H and O–H groups in total. The normalized spacial score (nSPS) is 17.4. The number of carbonyl (C=O) groups is 1. The first kappa shape index (κ1) is 16.6. The van der Waals surface area contributed by atoms with Crippen LogP contribution in [0, 0.1) is 5.82 Å². The molecule has 6 heteroatoms. The molecule has 0 bridgehead atoms. The summed E-state index contributed by atoms with van der Waals surface area (Å²) in [7, 11) is 0. The van der Waals surface area contributed by atoms with Crippen molar-refractivity contribution in [3.8, 4) is 11.4 Å². The average Bonchev–Trinajstić information content (AvgIpc) is 3.24. The number of carbonyl (C=O) groups excluding carboxylic acids is 1. The number of rotatable bonds is 6. The molecule has 1 aliphatic rings. The number of hydrogen-bond donors (Lipinski definition) is 0. The van der Waals surface area contributed by atoms with Crippen molar-refractivity contribution in [3.63, 3.8) is 0 Å². The molecule has 0 radical (unpaired) electrons. The summed E-state index contributed by atoms with van der Waals surface area (Å²) < 4.78 is 18.4. The fourth-order valence-electron chi connectivity index (χ4n) is 3.08. The molecule has 0 saturated carbocycles. The molecule has 1 saturated heterocycles. The zero-order valence-corrected chi connectivity index (χ0v) is 13.9. The summed E-state index contributed by atoms with van der Waals surface area (Å²) >= 11 is 0. The van der Waals surface area contributed by atoms with Gasteiger partial charge in [-0.1, -0.05) is 24.9 Å². The summed E-state index contributed by atoms with van der Waals surface area (Å²) in [5.74, 6) is 0.751. The minimum absolute atomic E-state index is 0.138. The van der Waals surface area contributed by atoms with Crippen LogP contribution in [0.5, 0.6) is 0 Å². The Morgan fingerprint density at radius 3 is 2.88 bits per heavy atom. The summed E-state index contributed by atoms with van der Waals surface area (Å²) in [6.45, 7) is 2.86. The Bertz CT molecular complexity index is 684. The molecule has 1 atom stereocenters. The van der Waals surface area contributed by atoms with Gasteiger partial charge in [-0.05, 0) is 43.5 Å². The van der Waals surface area contributed by atoms with Crippen molar-refractivity contribution in [1.82, 2.24) is 15.0 Å². The second-order valence-corrected chi connectivity index (χ2v) is 6.17. The molecule has 1 aromatic carbocycles. The third-order valence-electron chi connectivity index (χ3n) is 4.40. The second kappa shape index (κ2) is 7.55. The average molecular weight is 331 g/mol. The van der Waals surface area contributed by atoms with Crippen molar-refractivity contribution in [3.05, 3.63) is 36.0 Å². The van der Waals surface area contributed by atoms with Gasteiger partial charge in [0.25, 0.3) is 0 Å². The molecule has 24 heavy (non-hydrogen) atoms. The van der Waals surface area contributed by atoms with E-state index >= 15 is 0 Å². The molecular formula is C18H22FN3O2. The van der Waals surface area contributed by atoms with Gasteiger partial charge in [0.2, 0.25) is 17.6 Å². The molecule has 1 amide bonds. The van der Waals surface area contributed by atoms with E-state index in [-0.39, 0.29) is 17.8 Å². The van der Waals surface area contributed by atoms with Crippen molar-refractivity contribution < 1.29 is 13.7 Å². The van der Waals surface area contributed by atoms with E-state index in [0.717, 1.165) is 38.6 Å². The van der Waals surface area contributed by atoms with E-state index < -0.39 is 0 Å². The van der Waals surface area contributed by atoms with Crippen LogP contribution >= 0.6 is 0 Å². The highest BCUT2D eigenvalue weighted by atomic mass is 19.1. The lowest BCUT2D eigenvalue weighted by molar-refractivity contribution is -0.132. The first-order valence-electron chi connectivity index (χ1n) is 8.58. The van der Waals surface area contributed by atoms with E-state index in [2.05, 4.69) is 17.1 Å². The molecule has 3 rings (SSSR count). The lowest BCUT2D eigenvalue weighted by atomic mass is 10.1. The van der Waals surface area contributed by atoms with Crippen LogP contribution < -0.4 is 0 Å². The number of nitrogens with zero attached hydrogens (tertiary/aromatic N) is 3. The van der Waals surface area contributed by atoms with Gasteiger partial charge in [-0.2, -0.15) is 4.98 Å². The number of halogens is 1. The number of likely N-dealkylation sites (tertiary alicyclic amines) is 1. The Morgan fingerprint density at radius 2 is 2.12 bits per heavy atom.